The molecule has 1 unspecified atom stereocenters. The second-order valence-electron chi connectivity index (χ2n) is 5.67. The van der Waals surface area contributed by atoms with Crippen LogP contribution in [-0.4, -0.2) is 23.4 Å². The zero-order valence-electron chi connectivity index (χ0n) is 11.3. The molecule has 1 saturated carbocycles. The Labute approximate surface area is 100 Å². The van der Waals surface area contributed by atoms with E-state index >= 15 is 0 Å². The topological polar surface area (TPSA) is 29.5 Å². The number of ether oxygens (including phenoxy) is 1. The molecule has 1 aliphatic rings. The third-order valence-electron chi connectivity index (χ3n) is 4.14. The van der Waals surface area contributed by atoms with E-state index in [0.29, 0.717) is 12.5 Å². The van der Waals surface area contributed by atoms with Crippen molar-refractivity contribution in [3.8, 4) is 0 Å². The summed E-state index contributed by atoms with van der Waals surface area (Å²) in [5.74, 6) is 1.32. The van der Waals surface area contributed by atoms with E-state index < -0.39 is 5.60 Å². The van der Waals surface area contributed by atoms with Crippen molar-refractivity contribution < 1.29 is 9.84 Å². The molecule has 0 radical (unpaired) electrons. The highest BCUT2D eigenvalue weighted by Crippen LogP contribution is 2.36. The molecule has 0 aromatic rings. The lowest BCUT2D eigenvalue weighted by Gasteiger charge is -2.39. The minimum Gasteiger partial charge on any atom is -0.390 e. The van der Waals surface area contributed by atoms with Crippen molar-refractivity contribution in [1.82, 2.24) is 0 Å². The molecule has 1 rings (SSSR count). The predicted octanol–water partition coefficient (Wildman–Crippen LogP) is 3.38. The first-order valence-electron chi connectivity index (χ1n) is 6.83. The van der Waals surface area contributed by atoms with Gasteiger partial charge in [0.1, 0.15) is 0 Å². The highest BCUT2D eigenvalue weighted by molar-refractivity contribution is 4.87. The molecule has 1 fully saturated rings. The largest absolute Gasteiger partial charge is 0.390 e. The fourth-order valence-corrected chi connectivity index (χ4v) is 2.94. The molecule has 1 atom stereocenters. The van der Waals surface area contributed by atoms with Crippen LogP contribution in [0.2, 0.25) is 0 Å². The first kappa shape index (κ1) is 14.0. The summed E-state index contributed by atoms with van der Waals surface area (Å²) in [5, 5.41) is 10.4. The van der Waals surface area contributed by atoms with Crippen LogP contribution in [0.1, 0.15) is 59.8 Å². The van der Waals surface area contributed by atoms with Gasteiger partial charge in [0.05, 0.1) is 11.7 Å². The smallest absolute Gasteiger partial charge is 0.0886 e. The normalized spacial score (nSPS) is 29.1. The predicted molar refractivity (Wildman–Crippen MR) is 67.5 cm³/mol. The van der Waals surface area contributed by atoms with Gasteiger partial charge in [0, 0.05) is 6.61 Å². The zero-order valence-corrected chi connectivity index (χ0v) is 11.3. The Morgan fingerprint density at radius 1 is 1.19 bits per heavy atom. The molecule has 0 bridgehead atoms. The maximum Gasteiger partial charge on any atom is 0.0886 e. The molecule has 0 aliphatic heterocycles. The second-order valence-corrected chi connectivity index (χ2v) is 5.67. The van der Waals surface area contributed by atoms with E-state index in [1.165, 1.54) is 19.3 Å². The van der Waals surface area contributed by atoms with Crippen LogP contribution in [0.5, 0.6) is 0 Å². The molecule has 16 heavy (non-hydrogen) atoms. The summed E-state index contributed by atoms with van der Waals surface area (Å²) in [6, 6.07) is 0. The Bertz CT molecular complexity index is 193. The average molecular weight is 228 g/mol. The van der Waals surface area contributed by atoms with Gasteiger partial charge in [-0.2, -0.15) is 0 Å². The van der Waals surface area contributed by atoms with Crippen LogP contribution in [0.4, 0.5) is 0 Å². The van der Waals surface area contributed by atoms with Crippen molar-refractivity contribution >= 4 is 0 Å². The Balaban J connectivity index is 2.46. The lowest BCUT2D eigenvalue weighted by Crippen LogP contribution is -2.45. The molecular weight excluding hydrogens is 200 g/mol. The highest BCUT2D eigenvalue weighted by Gasteiger charge is 2.36. The molecule has 0 spiro atoms. The van der Waals surface area contributed by atoms with Crippen LogP contribution in [0.3, 0.4) is 0 Å². The van der Waals surface area contributed by atoms with Crippen molar-refractivity contribution in [3.05, 3.63) is 0 Å². The minimum atomic E-state index is -0.390. The summed E-state index contributed by atoms with van der Waals surface area (Å²) in [6.45, 7) is 8.95. The molecule has 2 nitrogen and oxygen atoms in total. The number of hydrogen-bond acceptors (Lipinski definition) is 2. The van der Waals surface area contributed by atoms with Crippen molar-refractivity contribution in [2.75, 3.05) is 6.61 Å². The van der Waals surface area contributed by atoms with Gasteiger partial charge in [-0.1, -0.05) is 26.2 Å². The summed E-state index contributed by atoms with van der Waals surface area (Å²) in [5.41, 5.74) is -0.390. The molecule has 0 saturated heterocycles. The number of rotatable bonds is 5. The van der Waals surface area contributed by atoms with Crippen molar-refractivity contribution in [2.24, 2.45) is 11.8 Å². The monoisotopic (exact) mass is 228 g/mol. The Hall–Kier alpha value is -0.0800. The Morgan fingerprint density at radius 2 is 1.75 bits per heavy atom. The molecular formula is C14H28O2. The van der Waals surface area contributed by atoms with Crippen LogP contribution < -0.4 is 0 Å². The Morgan fingerprint density at radius 3 is 2.19 bits per heavy atom. The minimum absolute atomic E-state index is 0.315. The van der Waals surface area contributed by atoms with E-state index in [4.69, 9.17) is 4.74 Å². The van der Waals surface area contributed by atoms with Crippen molar-refractivity contribution in [3.63, 3.8) is 0 Å². The lowest BCUT2D eigenvalue weighted by atomic mass is 9.75. The summed E-state index contributed by atoms with van der Waals surface area (Å²) in [6.07, 6.45) is 5.86. The summed E-state index contributed by atoms with van der Waals surface area (Å²) in [7, 11) is 0. The molecule has 2 heteroatoms. The fourth-order valence-electron chi connectivity index (χ4n) is 2.94. The highest BCUT2D eigenvalue weighted by atomic mass is 16.5. The quantitative estimate of drug-likeness (QED) is 0.781. The first-order valence-corrected chi connectivity index (χ1v) is 6.83. The van der Waals surface area contributed by atoms with Gasteiger partial charge < -0.3 is 9.84 Å². The molecule has 0 aromatic carbocycles. The van der Waals surface area contributed by atoms with E-state index in [1.54, 1.807) is 0 Å². The average Bonchev–Trinajstić information content (AvgIpc) is 2.28. The van der Waals surface area contributed by atoms with E-state index in [1.807, 2.05) is 20.8 Å². The standard InChI is InChI=1S/C14H28O2/c1-5-11-7-9-12(10-8-11)13(15)14(3,4)16-6-2/h11-13,15H,5-10H2,1-4H3. The maximum atomic E-state index is 10.4. The van der Waals surface area contributed by atoms with Gasteiger partial charge in [-0.25, -0.2) is 0 Å². The van der Waals surface area contributed by atoms with Gasteiger partial charge in [-0.3, -0.25) is 0 Å². The van der Waals surface area contributed by atoms with Gasteiger partial charge in [0.25, 0.3) is 0 Å². The van der Waals surface area contributed by atoms with Gasteiger partial charge in [0.2, 0.25) is 0 Å². The van der Waals surface area contributed by atoms with E-state index in [0.717, 1.165) is 18.8 Å². The summed E-state index contributed by atoms with van der Waals surface area (Å²) in [4.78, 5) is 0. The third kappa shape index (κ3) is 3.46. The summed E-state index contributed by atoms with van der Waals surface area (Å²) >= 11 is 0. The van der Waals surface area contributed by atoms with Crippen LogP contribution in [-0.2, 0) is 4.74 Å². The second kappa shape index (κ2) is 6.02. The number of aliphatic hydroxyl groups is 1. The van der Waals surface area contributed by atoms with Crippen molar-refractivity contribution in [2.45, 2.75) is 71.5 Å². The zero-order chi connectivity index (χ0) is 12.2. The van der Waals surface area contributed by atoms with Crippen LogP contribution in [0.15, 0.2) is 0 Å². The Kier molecular flexibility index (Phi) is 5.26. The molecule has 1 aliphatic carbocycles. The molecule has 1 N–H and O–H groups in total. The van der Waals surface area contributed by atoms with E-state index in [2.05, 4.69) is 6.92 Å². The van der Waals surface area contributed by atoms with Crippen LogP contribution >= 0.6 is 0 Å². The van der Waals surface area contributed by atoms with Crippen molar-refractivity contribution in [1.29, 1.82) is 0 Å². The first-order chi connectivity index (χ1) is 7.51. The number of aliphatic hydroxyl groups excluding tert-OH is 1. The van der Waals surface area contributed by atoms with Crippen LogP contribution in [0, 0.1) is 11.8 Å². The number of hydrogen-bond donors (Lipinski definition) is 1. The van der Waals surface area contributed by atoms with Gasteiger partial charge in [-0.05, 0) is 45.4 Å². The molecule has 96 valence electrons. The lowest BCUT2D eigenvalue weighted by molar-refractivity contribution is -0.123. The van der Waals surface area contributed by atoms with Gasteiger partial charge in [-0.15, -0.1) is 0 Å². The van der Waals surface area contributed by atoms with E-state index in [9.17, 15) is 5.11 Å². The SMILES string of the molecule is CCOC(C)(C)C(O)C1CCC(CC)CC1. The molecule has 0 heterocycles. The molecule has 0 aromatic heterocycles. The van der Waals surface area contributed by atoms with E-state index in [-0.39, 0.29) is 6.10 Å². The van der Waals surface area contributed by atoms with Gasteiger partial charge >= 0.3 is 0 Å². The molecule has 0 amide bonds. The van der Waals surface area contributed by atoms with Crippen LogP contribution in [0.25, 0.3) is 0 Å². The van der Waals surface area contributed by atoms with Gasteiger partial charge in [0.15, 0.2) is 0 Å². The summed E-state index contributed by atoms with van der Waals surface area (Å²) < 4.78 is 5.65. The fraction of sp³-hybridized carbons (Fsp3) is 1.00. The third-order valence-corrected chi connectivity index (χ3v) is 4.14. The maximum absolute atomic E-state index is 10.4.